The smallest absolute Gasteiger partial charge is 0.220 e. The molecule has 0 bridgehead atoms. The van der Waals surface area contributed by atoms with Crippen molar-refractivity contribution in [2.75, 3.05) is 0 Å². The summed E-state index contributed by atoms with van der Waals surface area (Å²) in [5, 5.41) is 10.3. The van der Waals surface area contributed by atoms with E-state index in [-0.39, 0.29) is 16.7 Å². The Hall–Kier alpha value is -1.13. The molecule has 0 atom stereocenters. The first kappa shape index (κ1) is 8.96. The predicted octanol–water partition coefficient (Wildman–Crippen LogP) is 0.307. The first-order chi connectivity index (χ1) is 5.61. The van der Waals surface area contributed by atoms with E-state index >= 15 is 0 Å². The topological polar surface area (TPSA) is 86.2 Å². The van der Waals surface area contributed by atoms with Crippen LogP contribution in [0.2, 0.25) is 0 Å². The maximum absolute atomic E-state index is 10.7. The molecule has 68 valence electrons. The number of amides is 1. The van der Waals surface area contributed by atoms with E-state index < -0.39 is 6.04 Å². The van der Waals surface area contributed by atoms with Crippen LogP contribution >= 0.6 is 0 Å². The van der Waals surface area contributed by atoms with Gasteiger partial charge in [0.1, 0.15) is 0 Å². The van der Waals surface area contributed by atoms with Gasteiger partial charge in [-0.15, -0.1) is 0 Å². The van der Waals surface area contributed by atoms with Crippen molar-refractivity contribution in [3.63, 3.8) is 0 Å². The van der Waals surface area contributed by atoms with E-state index in [1.54, 1.807) is 0 Å². The van der Waals surface area contributed by atoms with Gasteiger partial charge in [0.2, 0.25) is 11.9 Å². The maximum atomic E-state index is 10.7. The summed E-state index contributed by atoms with van der Waals surface area (Å²) in [4.78, 5) is 20.7. The lowest BCUT2D eigenvalue weighted by molar-refractivity contribution is -0.526. The molecule has 0 spiro atoms. The summed E-state index contributed by atoms with van der Waals surface area (Å²) in [6.07, 6.45) is 2.11. The highest BCUT2D eigenvalue weighted by Gasteiger charge is 2.30. The van der Waals surface area contributed by atoms with Crippen molar-refractivity contribution in [2.45, 2.75) is 31.7 Å². The Bertz CT molecular complexity index is 175. The zero-order valence-corrected chi connectivity index (χ0v) is 6.73. The summed E-state index contributed by atoms with van der Waals surface area (Å²) < 4.78 is 0. The summed E-state index contributed by atoms with van der Waals surface area (Å²) in [5.41, 5.74) is 5.08. The summed E-state index contributed by atoms with van der Waals surface area (Å²) in [5.74, 6) is -0.460. The summed E-state index contributed by atoms with van der Waals surface area (Å²) >= 11 is 0. The van der Waals surface area contributed by atoms with Crippen LogP contribution in [0.15, 0.2) is 0 Å². The van der Waals surface area contributed by atoms with Crippen molar-refractivity contribution < 1.29 is 9.72 Å². The van der Waals surface area contributed by atoms with Crippen LogP contribution in [0.25, 0.3) is 0 Å². The van der Waals surface area contributed by atoms with Gasteiger partial charge >= 0.3 is 0 Å². The number of hydrogen-bond donors (Lipinski definition) is 1. The van der Waals surface area contributed by atoms with E-state index in [4.69, 9.17) is 5.73 Å². The number of carbonyl (C=O) groups is 1. The number of carbonyl (C=O) groups excluding carboxylic acids is 1. The van der Waals surface area contributed by atoms with Gasteiger partial charge in [-0.05, 0) is 12.8 Å². The van der Waals surface area contributed by atoms with Gasteiger partial charge in [0, 0.05) is 23.7 Å². The van der Waals surface area contributed by atoms with E-state index in [1.165, 1.54) is 0 Å². The Balaban J connectivity index is 2.39. The van der Waals surface area contributed by atoms with Gasteiger partial charge in [0.25, 0.3) is 0 Å². The van der Waals surface area contributed by atoms with Crippen molar-refractivity contribution in [1.82, 2.24) is 0 Å². The zero-order valence-electron chi connectivity index (χ0n) is 6.73. The molecule has 12 heavy (non-hydrogen) atoms. The van der Waals surface area contributed by atoms with Crippen LogP contribution in [0.3, 0.4) is 0 Å². The van der Waals surface area contributed by atoms with E-state index in [1.807, 2.05) is 0 Å². The molecule has 1 fully saturated rings. The fourth-order valence-electron chi connectivity index (χ4n) is 1.57. The quantitative estimate of drug-likeness (QED) is 0.480. The highest BCUT2D eigenvalue weighted by molar-refractivity contribution is 5.76. The fraction of sp³-hybridized carbons (Fsp3) is 0.857. The second-order valence-electron chi connectivity index (χ2n) is 3.19. The van der Waals surface area contributed by atoms with Crippen molar-refractivity contribution in [3.05, 3.63) is 10.1 Å². The highest BCUT2D eigenvalue weighted by Crippen LogP contribution is 2.25. The van der Waals surface area contributed by atoms with Crippen LogP contribution in [-0.2, 0) is 4.79 Å². The molecule has 0 aromatic heterocycles. The minimum absolute atomic E-state index is 0.138. The molecule has 1 saturated carbocycles. The number of nitrogens with two attached hydrogens (primary N) is 1. The number of nitrogens with zero attached hydrogens (tertiary/aromatic N) is 1. The summed E-state index contributed by atoms with van der Waals surface area (Å²) in [6.45, 7) is 0. The van der Waals surface area contributed by atoms with Crippen molar-refractivity contribution in [1.29, 1.82) is 0 Å². The van der Waals surface area contributed by atoms with Gasteiger partial charge in [0.05, 0.1) is 0 Å². The average Bonchev–Trinajstić information content (AvgIpc) is 2.04. The third kappa shape index (κ3) is 1.93. The second kappa shape index (κ2) is 3.51. The molecule has 1 amide bonds. The molecular formula is C7H12N2O3. The van der Waals surface area contributed by atoms with Gasteiger partial charge < -0.3 is 5.73 Å². The van der Waals surface area contributed by atoms with Gasteiger partial charge in [-0.2, -0.15) is 0 Å². The van der Waals surface area contributed by atoms with Crippen molar-refractivity contribution in [2.24, 2.45) is 11.7 Å². The van der Waals surface area contributed by atoms with Crippen LogP contribution in [0.5, 0.6) is 0 Å². The van der Waals surface area contributed by atoms with Crippen LogP contribution < -0.4 is 5.73 Å². The lowest BCUT2D eigenvalue weighted by Gasteiger charge is -2.20. The average molecular weight is 172 g/mol. The molecular weight excluding hydrogens is 160 g/mol. The standard InChI is InChI=1S/C7H12N2O3/c8-7(10)5-1-3-6(4-2-5)9(11)12/h5-6H,1-4H2,(H2,8,10). The second-order valence-corrected chi connectivity index (χ2v) is 3.19. The summed E-state index contributed by atoms with van der Waals surface area (Å²) in [7, 11) is 0. The van der Waals surface area contributed by atoms with Crippen molar-refractivity contribution >= 4 is 5.91 Å². The highest BCUT2D eigenvalue weighted by atomic mass is 16.6. The predicted molar refractivity (Wildman–Crippen MR) is 41.9 cm³/mol. The molecule has 2 N–H and O–H groups in total. The number of primary amides is 1. The Morgan fingerprint density at radius 2 is 1.83 bits per heavy atom. The number of hydrogen-bond acceptors (Lipinski definition) is 3. The van der Waals surface area contributed by atoms with E-state index in [0.29, 0.717) is 25.7 Å². The first-order valence-electron chi connectivity index (χ1n) is 4.04. The molecule has 0 unspecified atom stereocenters. The summed E-state index contributed by atoms with van der Waals surface area (Å²) in [6, 6.07) is -0.458. The zero-order chi connectivity index (χ0) is 9.14. The van der Waals surface area contributed by atoms with Crippen LogP contribution in [-0.4, -0.2) is 16.9 Å². The number of nitro groups is 1. The third-order valence-corrected chi connectivity index (χ3v) is 2.40. The minimum atomic E-state index is -0.458. The Kier molecular flexibility index (Phi) is 2.62. The molecule has 0 aliphatic heterocycles. The molecule has 1 aliphatic rings. The van der Waals surface area contributed by atoms with Gasteiger partial charge in [0.15, 0.2) is 0 Å². The maximum Gasteiger partial charge on any atom is 0.220 e. The van der Waals surface area contributed by atoms with E-state index in [0.717, 1.165) is 0 Å². The van der Waals surface area contributed by atoms with E-state index in [9.17, 15) is 14.9 Å². The molecule has 0 saturated heterocycles. The third-order valence-electron chi connectivity index (χ3n) is 2.40. The first-order valence-corrected chi connectivity index (χ1v) is 4.04. The Morgan fingerprint density at radius 3 is 2.17 bits per heavy atom. The Morgan fingerprint density at radius 1 is 1.33 bits per heavy atom. The minimum Gasteiger partial charge on any atom is -0.369 e. The molecule has 0 heterocycles. The van der Waals surface area contributed by atoms with Crippen molar-refractivity contribution in [3.8, 4) is 0 Å². The monoisotopic (exact) mass is 172 g/mol. The SMILES string of the molecule is NC(=O)C1CCC([N+](=O)[O-])CC1. The normalized spacial score (nSPS) is 29.7. The van der Waals surface area contributed by atoms with E-state index in [2.05, 4.69) is 0 Å². The number of rotatable bonds is 2. The molecule has 1 aliphatic carbocycles. The molecule has 5 heteroatoms. The molecule has 1 rings (SSSR count). The van der Waals surface area contributed by atoms with Crippen LogP contribution in [0.4, 0.5) is 0 Å². The van der Waals surface area contributed by atoms with Gasteiger partial charge in [-0.1, -0.05) is 0 Å². The largest absolute Gasteiger partial charge is 0.369 e. The lowest BCUT2D eigenvalue weighted by Crippen LogP contribution is -2.32. The van der Waals surface area contributed by atoms with Gasteiger partial charge in [-0.3, -0.25) is 14.9 Å². The fourth-order valence-corrected chi connectivity index (χ4v) is 1.57. The van der Waals surface area contributed by atoms with Crippen LogP contribution in [0.1, 0.15) is 25.7 Å². The molecule has 0 aromatic carbocycles. The van der Waals surface area contributed by atoms with Crippen LogP contribution in [0, 0.1) is 16.0 Å². The molecule has 0 radical (unpaired) electrons. The lowest BCUT2D eigenvalue weighted by atomic mass is 9.86. The Labute approximate surface area is 70.1 Å². The molecule has 0 aromatic rings. The van der Waals surface area contributed by atoms with Gasteiger partial charge in [-0.25, -0.2) is 0 Å². The molecule has 5 nitrogen and oxygen atoms in total.